The maximum absolute atomic E-state index is 4.01. The van der Waals surface area contributed by atoms with Gasteiger partial charge in [-0.3, -0.25) is 0 Å². The number of rotatable bonds is 0. The Morgan fingerprint density at radius 1 is 1.44 bits per heavy atom. The molecule has 0 saturated carbocycles. The number of hydrogen-bond acceptors (Lipinski definition) is 4. The van der Waals surface area contributed by atoms with Gasteiger partial charge in [0.2, 0.25) is 0 Å². The van der Waals surface area contributed by atoms with Gasteiger partial charge < -0.3 is 0 Å². The highest BCUT2D eigenvalue weighted by Crippen LogP contribution is 2.08. The van der Waals surface area contributed by atoms with Crippen molar-refractivity contribution >= 4 is 22.6 Å². The van der Waals surface area contributed by atoms with Crippen LogP contribution in [0.2, 0.25) is 0 Å². The Balaban J connectivity index is 2.95. The molecule has 44 valence electrons. The minimum atomic E-state index is 0.787. The molecule has 0 bridgehead atoms. The quantitative estimate of drug-likeness (QED) is 0.545. The van der Waals surface area contributed by atoms with Crippen molar-refractivity contribution in [1.82, 2.24) is 14.3 Å². The molecule has 0 aliphatic carbocycles. The average molecular weight is 137 g/mol. The van der Waals surface area contributed by atoms with Crippen LogP contribution < -0.4 is 0 Å². The van der Waals surface area contributed by atoms with Gasteiger partial charge in [-0.1, -0.05) is 0 Å². The topological polar surface area (TPSA) is 38.7 Å². The third-order valence-corrected chi connectivity index (χ3v) is 1.68. The monoisotopic (exact) mass is 137 g/mol. The van der Waals surface area contributed by atoms with Crippen molar-refractivity contribution in [2.24, 2.45) is 0 Å². The molecular weight excluding hydrogens is 134 g/mol. The van der Waals surface area contributed by atoms with Crippen LogP contribution in [0.15, 0.2) is 17.9 Å². The van der Waals surface area contributed by atoms with Crippen LogP contribution in [-0.2, 0) is 0 Å². The Kier molecular flexibility index (Phi) is 0.927. The second-order valence-corrected chi connectivity index (χ2v) is 2.25. The highest BCUT2D eigenvalue weighted by Gasteiger charge is 1.92. The second kappa shape index (κ2) is 1.73. The molecule has 0 fully saturated rings. The zero-order valence-electron chi connectivity index (χ0n) is 4.48. The van der Waals surface area contributed by atoms with Crippen molar-refractivity contribution in [2.45, 2.75) is 0 Å². The summed E-state index contributed by atoms with van der Waals surface area (Å²) >= 11 is 1.40. The molecule has 0 radical (unpaired) electrons. The van der Waals surface area contributed by atoms with Gasteiger partial charge in [-0.15, -0.1) is 0 Å². The Morgan fingerprint density at radius 3 is 3.33 bits per heavy atom. The van der Waals surface area contributed by atoms with Crippen molar-refractivity contribution in [1.29, 1.82) is 0 Å². The fourth-order valence-corrected chi connectivity index (χ4v) is 1.21. The van der Waals surface area contributed by atoms with E-state index in [9.17, 15) is 0 Å². The van der Waals surface area contributed by atoms with E-state index in [-0.39, 0.29) is 0 Å². The largest absolute Gasteiger partial charge is 0.244 e. The van der Waals surface area contributed by atoms with Crippen LogP contribution in [0.3, 0.4) is 0 Å². The van der Waals surface area contributed by atoms with Crippen LogP contribution in [0.1, 0.15) is 0 Å². The fourth-order valence-electron chi connectivity index (χ4n) is 0.626. The molecule has 4 heteroatoms. The summed E-state index contributed by atoms with van der Waals surface area (Å²) < 4.78 is 4.01. The van der Waals surface area contributed by atoms with Crippen molar-refractivity contribution in [2.75, 3.05) is 0 Å². The third kappa shape index (κ3) is 0.675. The van der Waals surface area contributed by atoms with E-state index in [1.54, 1.807) is 6.20 Å². The van der Waals surface area contributed by atoms with Gasteiger partial charge in [0.05, 0.1) is 5.39 Å². The summed E-state index contributed by atoms with van der Waals surface area (Å²) in [5.74, 6) is 0. The van der Waals surface area contributed by atoms with Crippen molar-refractivity contribution in [3.05, 3.63) is 17.9 Å². The van der Waals surface area contributed by atoms with E-state index < -0.39 is 0 Å². The molecule has 0 aliphatic rings. The summed E-state index contributed by atoms with van der Waals surface area (Å²) in [6.07, 6.45) is 3.26. The molecule has 2 heterocycles. The van der Waals surface area contributed by atoms with Crippen LogP contribution in [0, 0.1) is 0 Å². The first-order chi connectivity index (χ1) is 4.47. The van der Waals surface area contributed by atoms with Gasteiger partial charge in [-0.05, 0) is 11.5 Å². The molecule has 0 aliphatic heterocycles. The van der Waals surface area contributed by atoms with Crippen LogP contribution in [0.25, 0.3) is 11.0 Å². The standard InChI is InChI=1S/C5H3N3S/c1-4-2-9-8-5(4)7-3-6-1/h1-3H. The molecular formula is C5H3N3S. The van der Waals surface area contributed by atoms with Gasteiger partial charge in [0.1, 0.15) is 6.33 Å². The first kappa shape index (κ1) is 4.81. The van der Waals surface area contributed by atoms with E-state index >= 15 is 0 Å². The maximum Gasteiger partial charge on any atom is 0.175 e. The van der Waals surface area contributed by atoms with Gasteiger partial charge in [-0.2, -0.15) is 4.37 Å². The summed E-state index contributed by atoms with van der Waals surface area (Å²) in [7, 11) is 0. The lowest BCUT2D eigenvalue weighted by atomic mass is 10.5. The molecule has 0 aromatic carbocycles. The zero-order chi connectivity index (χ0) is 6.10. The summed E-state index contributed by atoms with van der Waals surface area (Å²) in [5, 5.41) is 2.94. The third-order valence-electron chi connectivity index (χ3n) is 1.04. The van der Waals surface area contributed by atoms with Gasteiger partial charge in [-0.25, -0.2) is 9.97 Å². The molecule has 2 aromatic heterocycles. The first-order valence-electron chi connectivity index (χ1n) is 2.47. The Bertz CT molecular complexity index is 286. The summed E-state index contributed by atoms with van der Waals surface area (Å²) in [4.78, 5) is 7.77. The molecule has 9 heavy (non-hydrogen) atoms. The van der Waals surface area contributed by atoms with Gasteiger partial charge in [0.25, 0.3) is 0 Å². The lowest BCUT2D eigenvalue weighted by molar-refractivity contribution is 1.21. The van der Waals surface area contributed by atoms with Gasteiger partial charge >= 0.3 is 0 Å². The minimum absolute atomic E-state index is 0.787. The van der Waals surface area contributed by atoms with Gasteiger partial charge in [0.15, 0.2) is 5.65 Å². The second-order valence-electron chi connectivity index (χ2n) is 1.62. The molecule has 0 spiro atoms. The normalized spacial score (nSPS) is 10.2. The van der Waals surface area contributed by atoms with E-state index in [0.29, 0.717) is 0 Å². The molecule has 0 amide bonds. The maximum atomic E-state index is 4.01. The predicted molar refractivity (Wildman–Crippen MR) is 35.2 cm³/mol. The summed E-state index contributed by atoms with van der Waals surface area (Å²) in [5.41, 5.74) is 0.787. The van der Waals surface area contributed by atoms with E-state index in [0.717, 1.165) is 11.0 Å². The average Bonchev–Trinajstić information content (AvgIpc) is 2.33. The molecule has 0 atom stereocenters. The lowest BCUT2D eigenvalue weighted by Crippen LogP contribution is -1.75. The smallest absolute Gasteiger partial charge is 0.175 e. The Hall–Kier alpha value is -1.03. The van der Waals surface area contributed by atoms with Crippen LogP contribution in [0.5, 0.6) is 0 Å². The van der Waals surface area contributed by atoms with E-state index in [1.807, 2.05) is 5.38 Å². The molecule has 0 N–H and O–H groups in total. The Morgan fingerprint density at radius 2 is 2.44 bits per heavy atom. The van der Waals surface area contributed by atoms with Crippen LogP contribution >= 0.6 is 11.5 Å². The lowest BCUT2D eigenvalue weighted by Gasteiger charge is -1.79. The molecule has 3 nitrogen and oxygen atoms in total. The fraction of sp³-hybridized carbons (Fsp3) is 0. The van der Waals surface area contributed by atoms with Crippen molar-refractivity contribution in [3.8, 4) is 0 Å². The number of aromatic nitrogens is 3. The first-order valence-corrected chi connectivity index (χ1v) is 3.30. The molecule has 0 saturated heterocycles. The van der Waals surface area contributed by atoms with Crippen molar-refractivity contribution < 1.29 is 0 Å². The highest BCUT2D eigenvalue weighted by atomic mass is 32.1. The molecule has 2 aromatic rings. The highest BCUT2D eigenvalue weighted by molar-refractivity contribution is 7.04. The van der Waals surface area contributed by atoms with E-state index in [4.69, 9.17) is 0 Å². The van der Waals surface area contributed by atoms with Crippen molar-refractivity contribution in [3.63, 3.8) is 0 Å². The summed E-state index contributed by atoms with van der Waals surface area (Å²) in [6, 6.07) is 0. The van der Waals surface area contributed by atoms with Gasteiger partial charge in [0, 0.05) is 11.6 Å². The number of fused-ring (bicyclic) bond motifs is 1. The minimum Gasteiger partial charge on any atom is -0.244 e. The SMILES string of the molecule is c1ncc2csnc2n1. The van der Waals surface area contributed by atoms with Crippen LogP contribution in [0.4, 0.5) is 0 Å². The summed E-state index contributed by atoms with van der Waals surface area (Å²) in [6.45, 7) is 0. The predicted octanol–water partition coefficient (Wildman–Crippen LogP) is 1.09. The number of nitrogens with zero attached hydrogens (tertiary/aromatic N) is 3. The van der Waals surface area contributed by atoms with E-state index in [2.05, 4.69) is 14.3 Å². The molecule has 0 unspecified atom stereocenters. The van der Waals surface area contributed by atoms with Crippen LogP contribution in [-0.4, -0.2) is 14.3 Å². The Labute approximate surface area is 55.6 Å². The number of hydrogen-bond donors (Lipinski definition) is 0. The zero-order valence-corrected chi connectivity index (χ0v) is 5.30. The molecule has 2 rings (SSSR count). The van der Waals surface area contributed by atoms with E-state index in [1.165, 1.54) is 17.9 Å².